The molecular weight excluding hydrogens is 214 g/mol. The third-order valence-corrected chi connectivity index (χ3v) is 2.82. The number of carboxylic acids is 1. The molecule has 3 nitrogen and oxygen atoms in total. The molecule has 1 N–H and O–H groups in total. The number of fused-ring (bicyclic) bond motifs is 1. The van der Waals surface area contributed by atoms with E-state index in [1.165, 1.54) is 0 Å². The van der Waals surface area contributed by atoms with Gasteiger partial charge in [0.05, 0.1) is 5.56 Å². The number of hydrogen-bond donors (Lipinski definition) is 1. The first-order valence-corrected chi connectivity index (χ1v) is 5.55. The maximum absolute atomic E-state index is 11.1. The van der Waals surface area contributed by atoms with Gasteiger partial charge in [-0.2, -0.15) is 0 Å². The van der Waals surface area contributed by atoms with Crippen molar-refractivity contribution >= 4 is 16.9 Å². The van der Waals surface area contributed by atoms with E-state index in [4.69, 9.17) is 5.11 Å². The van der Waals surface area contributed by atoms with Gasteiger partial charge in [0.15, 0.2) is 0 Å². The number of aryl methyl sites for hydroxylation is 1. The predicted octanol–water partition coefficient (Wildman–Crippen LogP) is 3.31. The highest BCUT2D eigenvalue weighted by Gasteiger charge is 2.10. The minimum atomic E-state index is -0.881. The minimum Gasteiger partial charge on any atom is -0.478 e. The van der Waals surface area contributed by atoms with Gasteiger partial charge in [0.1, 0.15) is 0 Å². The van der Waals surface area contributed by atoms with Crippen LogP contribution in [-0.2, 0) is 6.54 Å². The lowest BCUT2D eigenvalue weighted by Crippen LogP contribution is -1.99. The minimum absolute atomic E-state index is 0.358. The molecule has 1 aromatic heterocycles. The third kappa shape index (κ3) is 2.23. The largest absolute Gasteiger partial charge is 0.478 e. The van der Waals surface area contributed by atoms with E-state index in [-0.39, 0.29) is 0 Å². The molecule has 0 bridgehead atoms. The average Bonchev–Trinajstić information content (AvgIpc) is 2.68. The fourth-order valence-corrected chi connectivity index (χ4v) is 1.92. The van der Waals surface area contributed by atoms with E-state index in [1.807, 2.05) is 25.3 Å². The van der Waals surface area contributed by atoms with E-state index in [9.17, 15) is 4.79 Å². The first-order valence-electron chi connectivity index (χ1n) is 5.55. The van der Waals surface area contributed by atoms with Crippen molar-refractivity contribution in [3.63, 3.8) is 0 Å². The Morgan fingerprint density at radius 2 is 2.18 bits per heavy atom. The Balaban J connectivity index is 2.44. The summed E-state index contributed by atoms with van der Waals surface area (Å²) in [7, 11) is 0. The number of allylic oxidation sites excluding steroid dienone is 1. The van der Waals surface area contributed by atoms with Crippen LogP contribution in [0.2, 0.25) is 0 Å². The second kappa shape index (κ2) is 4.45. The second-order valence-corrected chi connectivity index (χ2v) is 4.26. The van der Waals surface area contributed by atoms with Gasteiger partial charge in [-0.15, -0.1) is 6.58 Å². The zero-order valence-electron chi connectivity index (χ0n) is 9.81. The number of aromatic carboxylic acids is 1. The van der Waals surface area contributed by atoms with Crippen LogP contribution >= 0.6 is 0 Å². The van der Waals surface area contributed by atoms with E-state index in [0.29, 0.717) is 5.56 Å². The van der Waals surface area contributed by atoms with E-state index in [0.717, 1.165) is 29.4 Å². The van der Waals surface area contributed by atoms with Gasteiger partial charge in [0, 0.05) is 23.6 Å². The maximum Gasteiger partial charge on any atom is 0.336 e. The van der Waals surface area contributed by atoms with Crippen LogP contribution in [0.4, 0.5) is 0 Å². The van der Waals surface area contributed by atoms with Crippen LogP contribution in [0, 0.1) is 0 Å². The molecule has 0 saturated heterocycles. The quantitative estimate of drug-likeness (QED) is 0.817. The summed E-state index contributed by atoms with van der Waals surface area (Å²) in [6.07, 6.45) is 2.83. The Morgan fingerprint density at radius 3 is 2.82 bits per heavy atom. The van der Waals surface area contributed by atoms with Crippen LogP contribution in [0.1, 0.15) is 23.7 Å². The standard InChI is InChI=1S/C14H15NO2/c1-10(2)6-8-15-9-7-11-12(14(16)17)4-3-5-13(11)15/h3-5,7,9H,1,6,8H2,2H3,(H,16,17). The van der Waals surface area contributed by atoms with Crippen LogP contribution in [-0.4, -0.2) is 15.6 Å². The maximum atomic E-state index is 11.1. The summed E-state index contributed by atoms with van der Waals surface area (Å²) in [5.41, 5.74) is 2.45. The van der Waals surface area contributed by atoms with Crippen molar-refractivity contribution in [3.05, 3.63) is 48.2 Å². The van der Waals surface area contributed by atoms with Crippen molar-refractivity contribution in [2.45, 2.75) is 19.9 Å². The molecule has 2 aromatic rings. The number of nitrogens with zero attached hydrogens (tertiary/aromatic N) is 1. The number of hydrogen-bond acceptors (Lipinski definition) is 1. The highest BCUT2D eigenvalue weighted by atomic mass is 16.4. The van der Waals surface area contributed by atoms with Gasteiger partial charge in [-0.25, -0.2) is 4.79 Å². The van der Waals surface area contributed by atoms with Crippen LogP contribution in [0.15, 0.2) is 42.6 Å². The molecule has 0 aliphatic carbocycles. The van der Waals surface area contributed by atoms with E-state index >= 15 is 0 Å². The number of carbonyl (C=O) groups is 1. The first kappa shape index (κ1) is 11.5. The van der Waals surface area contributed by atoms with Gasteiger partial charge in [-0.05, 0) is 31.5 Å². The molecule has 0 fully saturated rings. The summed E-state index contributed by atoms with van der Waals surface area (Å²) in [6, 6.07) is 7.22. The zero-order valence-corrected chi connectivity index (χ0v) is 9.81. The summed E-state index contributed by atoms with van der Waals surface area (Å²) in [6.45, 7) is 6.70. The second-order valence-electron chi connectivity index (χ2n) is 4.26. The fraction of sp³-hybridized carbons (Fsp3) is 0.214. The number of rotatable bonds is 4. The molecule has 0 spiro atoms. The molecule has 0 unspecified atom stereocenters. The van der Waals surface area contributed by atoms with Crippen LogP contribution in [0.25, 0.3) is 10.9 Å². The van der Waals surface area contributed by atoms with Crippen molar-refractivity contribution in [2.24, 2.45) is 0 Å². The molecule has 0 aliphatic heterocycles. The normalized spacial score (nSPS) is 10.6. The summed E-state index contributed by atoms with van der Waals surface area (Å²) in [4.78, 5) is 11.1. The topological polar surface area (TPSA) is 42.2 Å². The van der Waals surface area contributed by atoms with E-state index in [1.54, 1.807) is 12.1 Å². The van der Waals surface area contributed by atoms with Crippen molar-refractivity contribution in [2.75, 3.05) is 0 Å². The van der Waals surface area contributed by atoms with Gasteiger partial charge >= 0.3 is 5.97 Å². The molecule has 0 radical (unpaired) electrons. The third-order valence-electron chi connectivity index (χ3n) is 2.82. The van der Waals surface area contributed by atoms with Crippen molar-refractivity contribution in [1.82, 2.24) is 4.57 Å². The Labute approximate surface area is 100.0 Å². The molecule has 0 aliphatic rings. The molecule has 88 valence electrons. The van der Waals surface area contributed by atoms with Crippen molar-refractivity contribution < 1.29 is 9.90 Å². The lowest BCUT2D eigenvalue weighted by molar-refractivity contribution is 0.0699. The molecule has 0 amide bonds. The van der Waals surface area contributed by atoms with Crippen molar-refractivity contribution in [3.8, 4) is 0 Å². The molecule has 1 heterocycles. The molecule has 1 aromatic carbocycles. The Hall–Kier alpha value is -2.03. The summed E-state index contributed by atoms with van der Waals surface area (Å²) >= 11 is 0. The monoisotopic (exact) mass is 229 g/mol. The molecule has 17 heavy (non-hydrogen) atoms. The number of aromatic nitrogens is 1. The van der Waals surface area contributed by atoms with Gasteiger partial charge in [-0.1, -0.05) is 11.6 Å². The van der Waals surface area contributed by atoms with Crippen LogP contribution in [0.5, 0.6) is 0 Å². The SMILES string of the molecule is C=C(C)CCn1ccc2c(C(=O)O)cccc21. The molecule has 2 rings (SSSR count). The van der Waals surface area contributed by atoms with Gasteiger partial charge in [-0.3, -0.25) is 0 Å². The Bertz CT molecular complexity index is 581. The van der Waals surface area contributed by atoms with Gasteiger partial charge in [0.25, 0.3) is 0 Å². The summed E-state index contributed by atoms with van der Waals surface area (Å²) in [5, 5.41) is 9.88. The zero-order chi connectivity index (χ0) is 12.4. The lowest BCUT2D eigenvalue weighted by Gasteiger charge is -2.05. The molecule has 3 heteroatoms. The predicted molar refractivity (Wildman–Crippen MR) is 68.3 cm³/mol. The number of carboxylic acid groups (broad SMARTS) is 1. The highest BCUT2D eigenvalue weighted by molar-refractivity contribution is 6.02. The van der Waals surface area contributed by atoms with Gasteiger partial charge in [0.2, 0.25) is 0 Å². The molecule has 0 atom stereocenters. The number of benzene rings is 1. The highest BCUT2D eigenvalue weighted by Crippen LogP contribution is 2.21. The van der Waals surface area contributed by atoms with E-state index < -0.39 is 5.97 Å². The summed E-state index contributed by atoms with van der Waals surface area (Å²) < 4.78 is 2.07. The van der Waals surface area contributed by atoms with Crippen LogP contribution < -0.4 is 0 Å². The molecular formula is C14H15NO2. The fourth-order valence-electron chi connectivity index (χ4n) is 1.92. The Kier molecular flexibility index (Phi) is 3.00. The Morgan fingerprint density at radius 1 is 1.41 bits per heavy atom. The van der Waals surface area contributed by atoms with Crippen LogP contribution in [0.3, 0.4) is 0 Å². The first-order chi connectivity index (χ1) is 8.09. The smallest absolute Gasteiger partial charge is 0.336 e. The summed E-state index contributed by atoms with van der Waals surface area (Å²) in [5.74, 6) is -0.881. The van der Waals surface area contributed by atoms with Gasteiger partial charge < -0.3 is 9.67 Å². The lowest BCUT2D eigenvalue weighted by atomic mass is 10.1. The van der Waals surface area contributed by atoms with Crippen molar-refractivity contribution in [1.29, 1.82) is 0 Å². The van der Waals surface area contributed by atoms with E-state index in [2.05, 4.69) is 11.1 Å². The average molecular weight is 229 g/mol. The molecule has 0 saturated carbocycles.